The Morgan fingerprint density at radius 3 is 2.20 bits per heavy atom. The number of carbonyl (C=O) groups excluding carboxylic acids is 1. The van der Waals surface area contributed by atoms with Crippen molar-refractivity contribution < 1.29 is 17.6 Å². The van der Waals surface area contributed by atoms with Gasteiger partial charge in [0.2, 0.25) is 10.0 Å². The highest BCUT2D eigenvalue weighted by molar-refractivity contribution is 7.89. The molecule has 0 aliphatic rings. The van der Waals surface area contributed by atoms with Gasteiger partial charge in [0.05, 0.1) is 6.26 Å². The number of amides is 1. The van der Waals surface area contributed by atoms with E-state index in [1.807, 2.05) is 38.5 Å². The zero-order chi connectivity index (χ0) is 22.4. The fourth-order valence-electron chi connectivity index (χ4n) is 3.78. The predicted molar refractivity (Wildman–Crippen MR) is 119 cm³/mol. The van der Waals surface area contributed by atoms with Crippen LogP contribution in [0.25, 0.3) is 28.1 Å². The Morgan fingerprint density at radius 2 is 1.63 bits per heavy atom. The van der Waals surface area contributed by atoms with Crippen molar-refractivity contribution in [3.05, 3.63) is 63.6 Å². The lowest BCUT2D eigenvalue weighted by Gasteiger charge is -2.20. The van der Waals surface area contributed by atoms with Crippen molar-refractivity contribution in [2.75, 3.05) is 6.26 Å². The second-order valence-corrected chi connectivity index (χ2v) is 9.43. The molecule has 158 valence electrons. The van der Waals surface area contributed by atoms with Crippen LogP contribution in [0.2, 0.25) is 0 Å². The van der Waals surface area contributed by atoms with Crippen LogP contribution in [0.5, 0.6) is 0 Å². The summed E-state index contributed by atoms with van der Waals surface area (Å²) < 4.78 is 39.9. The summed E-state index contributed by atoms with van der Waals surface area (Å²) >= 11 is 0. The second-order valence-electron chi connectivity index (χ2n) is 7.69. The molecule has 1 heterocycles. The lowest BCUT2D eigenvalue weighted by molar-refractivity contribution is -0.115. The van der Waals surface area contributed by atoms with E-state index in [0.717, 1.165) is 45.2 Å². The van der Waals surface area contributed by atoms with Crippen molar-refractivity contribution in [2.45, 2.75) is 34.6 Å². The minimum absolute atomic E-state index is 0.272. The van der Waals surface area contributed by atoms with E-state index in [-0.39, 0.29) is 11.4 Å². The first-order chi connectivity index (χ1) is 13.9. The first-order valence-corrected chi connectivity index (χ1v) is 11.4. The second kappa shape index (κ2) is 7.72. The summed E-state index contributed by atoms with van der Waals surface area (Å²) in [6, 6.07) is 5.37. The van der Waals surface area contributed by atoms with Crippen molar-refractivity contribution in [2.24, 2.45) is 0 Å². The minimum Gasteiger partial charge on any atom is -0.361 e. The summed E-state index contributed by atoms with van der Waals surface area (Å²) in [4.78, 5) is 15.2. The number of aromatic nitrogens is 1. The predicted octanol–water partition coefficient (Wildman–Crippen LogP) is 4.69. The Hall–Kier alpha value is -2.93. The van der Waals surface area contributed by atoms with Crippen molar-refractivity contribution in [1.29, 1.82) is 0 Å². The third-order valence-corrected chi connectivity index (χ3v) is 6.17. The molecule has 0 spiro atoms. The molecule has 3 aromatic rings. The topological polar surface area (TPSA) is 79.0 Å². The van der Waals surface area contributed by atoms with Gasteiger partial charge in [-0.05, 0) is 92.3 Å². The molecular formula is C23H25FN2O3S. The molecule has 0 atom stereocenters. The molecule has 1 amide bonds. The molecular weight excluding hydrogens is 403 g/mol. The zero-order valence-corrected chi connectivity index (χ0v) is 18.7. The summed E-state index contributed by atoms with van der Waals surface area (Å²) in [5.41, 5.74) is 6.86. The molecule has 5 nitrogen and oxygen atoms in total. The van der Waals surface area contributed by atoms with E-state index < -0.39 is 15.9 Å². The number of benzene rings is 2. The third kappa shape index (κ3) is 3.89. The maximum Gasteiger partial charge on any atom is 0.260 e. The number of carbonyl (C=O) groups is 1. The first kappa shape index (κ1) is 21.8. The lowest BCUT2D eigenvalue weighted by atomic mass is 9.84. The molecule has 2 N–H and O–H groups in total. The Labute approximate surface area is 176 Å². The SMILES string of the molecule is CC(=Cc1c(C)c(C)c(-c2ccc3[nH]ccc3c2F)c(C)c1C)C(=O)NS(C)(=O)=O. The molecule has 0 radical (unpaired) electrons. The molecule has 3 rings (SSSR count). The first-order valence-electron chi connectivity index (χ1n) is 9.49. The van der Waals surface area contributed by atoms with E-state index in [0.29, 0.717) is 10.9 Å². The fraction of sp³-hybridized carbons (Fsp3) is 0.261. The lowest BCUT2D eigenvalue weighted by Crippen LogP contribution is -2.29. The van der Waals surface area contributed by atoms with Crippen molar-refractivity contribution in [3.8, 4) is 11.1 Å². The van der Waals surface area contributed by atoms with Crippen molar-refractivity contribution in [1.82, 2.24) is 9.71 Å². The van der Waals surface area contributed by atoms with Gasteiger partial charge in [0.1, 0.15) is 5.82 Å². The number of fused-ring (bicyclic) bond motifs is 1. The van der Waals surface area contributed by atoms with Crippen LogP contribution >= 0.6 is 0 Å². The number of nitrogens with one attached hydrogen (secondary N) is 2. The maximum atomic E-state index is 15.2. The average Bonchev–Trinajstić information content (AvgIpc) is 3.13. The quantitative estimate of drug-likeness (QED) is 0.592. The van der Waals surface area contributed by atoms with Gasteiger partial charge >= 0.3 is 0 Å². The number of halogens is 1. The summed E-state index contributed by atoms with van der Waals surface area (Å²) in [6.07, 6.45) is 4.33. The molecule has 7 heteroatoms. The van der Waals surface area contributed by atoms with E-state index in [4.69, 9.17) is 0 Å². The molecule has 30 heavy (non-hydrogen) atoms. The van der Waals surface area contributed by atoms with Crippen LogP contribution in [0.3, 0.4) is 0 Å². The van der Waals surface area contributed by atoms with E-state index >= 15 is 4.39 Å². The van der Waals surface area contributed by atoms with Crippen LogP contribution in [0.15, 0.2) is 30.0 Å². The molecule has 0 aliphatic heterocycles. The summed E-state index contributed by atoms with van der Waals surface area (Å²) in [5.74, 6) is -0.939. The Morgan fingerprint density at radius 1 is 1.03 bits per heavy atom. The van der Waals surface area contributed by atoms with Gasteiger partial charge < -0.3 is 4.98 Å². The molecule has 0 saturated heterocycles. The molecule has 0 unspecified atom stereocenters. The number of hydrogen-bond donors (Lipinski definition) is 2. The molecule has 0 bridgehead atoms. The number of sulfonamides is 1. The third-order valence-electron chi connectivity index (χ3n) is 5.62. The van der Waals surface area contributed by atoms with Crippen LogP contribution in [-0.4, -0.2) is 25.6 Å². The molecule has 0 aliphatic carbocycles. The monoisotopic (exact) mass is 428 g/mol. The maximum absolute atomic E-state index is 15.2. The van der Waals surface area contributed by atoms with Crippen LogP contribution in [-0.2, 0) is 14.8 Å². The van der Waals surface area contributed by atoms with Gasteiger partial charge in [0, 0.05) is 28.2 Å². The number of hydrogen-bond acceptors (Lipinski definition) is 3. The highest BCUT2D eigenvalue weighted by atomic mass is 32.2. The Kier molecular flexibility index (Phi) is 5.60. The van der Waals surface area contributed by atoms with Crippen LogP contribution < -0.4 is 4.72 Å². The summed E-state index contributed by atoms with van der Waals surface area (Å²) in [7, 11) is -3.64. The normalized spacial score (nSPS) is 12.4. The zero-order valence-electron chi connectivity index (χ0n) is 17.9. The Balaban J connectivity index is 2.18. The molecule has 0 saturated carbocycles. The fourth-order valence-corrected chi connectivity index (χ4v) is 4.28. The smallest absolute Gasteiger partial charge is 0.260 e. The Bertz CT molecular complexity index is 1290. The summed E-state index contributed by atoms with van der Waals surface area (Å²) in [5, 5.41) is 0.541. The van der Waals surface area contributed by atoms with E-state index in [1.165, 1.54) is 0 Å². The van der Waals surface area contributed by atoms with Gasteiger partial charge in [0.25, 0.3) is 5.91 Å². The highest BCUT2D eigenvalue weighted by Gasteiger charge is 2.20. The standard InChI is InChI=1S/C23H25FN2O3S/c1-12(23(27)26-30(6,28)29)11-19-13(2)15(4)21(16(5)14(19)3)18-7-8-20-17(22(18)24)9-10-25-20/h7-11,25H,1-6H3,(H,26,27). The van der Waals surface area contributed by atoms with E-state index in [9.17, 15) is 13.2 Å². The minimum atomic E-state index is -3.64. The van der Waals surface area contributed by atoms with E-state index in [2.05, 4.69) is 4.98 Å². The number of rotatable bonds is 4. The number of H-pyrrole nitrogens is 1. The van der Waals surface area contributed by atoms with Gasteiger partial charge in [-0.1, -0.05) is 0 Å². The molecule has 1 aromatic heterocycles. The van der Waals surface area contributed by atoms with Gasteiger partial charge in [-0.25, -0.2) is 17.5 Å². The van der Waals surface area contributed by atoms with Crippen LogP contribution in [0.4, 0.5) is 4.39 Å². The van der Waals surface area contributed by atoms with Crippen LogP contribution in [0.1, 0.15) is 34.7 Å². The average molecular weight is 429 g/mol. The molecule has 2 aromatic carbocycles. The van der Waals surface area contributed by atoms with E-state index in [1.54, 1.807) is 31.3 Å². The summed E-state index contributed by atoms with van der Waals surface area (Å²) in [6.45, 7) is 9.27. The highest BCUT2D eigenvalue weighted by Crippen LogP contribution is 2.38. The van der Waals surface area contributed by atoms with Gasteiger partial charge in [-0.3, -0.25) is 4.79 Å². The largest absolute Gasteiger partial charge is 0.361 e. The number of aromatic amines is 1. The van der Waals surface area contributed by atoms with Gasteiger partial charge in [-0.15, -0.1) is 0 Å². The van der Waals surface area contributed by atoms with Crippen molar-refractivity contribution in [3.63, 3.8) is 0 Å². The van der Waals surface area contributed by atoms with Gasteiger partial charge in [0.15, 0.2) is 0 Å². The molecule has 0 fully saturated rings. The van der Waals surface area contributed by atoms with Crippen LogP contribution in [0, 0.1) is 33.5 Å². The van der Waals surface area contributed by atoms with Crippen molar-refractivity contribution >= 4 is 32.9 Å². The van der Waals surface area contributed by atoms with Gasteiger partial charge in [-0.2, -0.15) is 0 Å².